The van der Waals surface area contributed by atoms with Gasteiger partial charge in [-0.1, -0.05) is 45.6 Å². The van der Waals surface area contributed by atoms with Crippen molar-refractivity contribution in [2.75, 3.05) is 0 Å². The average Bonchev–Trinajstić information content (AvgIpc) is 2.63. The lowest BCUT2D eigenvalue weighted by Crippen LogP contribution is -2.31. The summed E-state index contributed by atoms with van der Waals surface area (Å²) in [6, 6.07) is 4.23. The maximum Gasteiger partial charge on any atom is 0.0703 e. The van der Waals surface area contributed by atoms with Crippen molar-refractivity contribution in [3.63, 3.8) is 0 Å². The lowest BCUT2D eigenvalue weighted by molar-refractivity contribution is 0.0232. The first-order valence-electron chi connectivity index (χ1n) is 8.31. The standard InChI is InChI=1S/C18H29NO/c1-3-6-16-7-5-11-18(20,12-10-16)13-17-9-8-15(4-2)14-19-17/h8-9,14,16,20H,3-7,10-13H2,1-2H3. The SMILES string of the molecule is CCCC1CCCC(O)(Cc2ccc(CC)cn2)CC1. The number of aryl methyl sites for hydroxylation is 1. The highest BCUT2D eigenvalue weighted by molar-refractivity contribution is 5.15. The summed E-state index contributed by atoms with van der Waals surface area (Å²) in [7, 11) is 0. The minimum atomic E-state index is -0.525. The highest BCUT2D eigenvalue weighted by Gasteiger charge is 2.31. The van der Waals surface area contributed by atoms with Crippen molar-refractivity contribution in [2.45, 2.75) is 77.2 Å². The molecule has 0 spiro atoms. The van der Waals surface area contributed by atoms with Crippen molar-refractivity contribution in [3.05, 3.63) is 29.6 Å². The zero-order valence-electron chi connectivity index (χ0n) is 13.1. The molecule has 2 heteroatoms. The van der Waals surface area contributed by atoms with Gasteiger partial charge in [0.1, 0.15) is 0 Å². The minimum Gasteiger partial charge on any atom is -0.389 e. The maximum absolute atomic E-state index is 10.9. The van der Waals surface area contributed by atoms with Gasteiger partial charge in [0.2, 0.25) is 0 Å². The van der Waals surface area contributed by atoms with E-state index in [4.69, 9.17) is 0 Å². The molecule has 0 aromatic carbocycles. The van der Waals surface area contributed by atoms with Crippen molar-refractivity contribution in [1.82, 2.24) is 4.98 Å². The Kier molecular flexibility index (Phi) is 5.59. The monoisotopic (exact) mass is 275 g/mol. The van der Waals surface area contributed by atoms with E-state index in [0.717, 1.165) is 43.7 Å². The van der Waals surface area contributed by atoms with Crippen LogP contribution in [0.25, 0.3) is 0 Å². The molecular weight excluding hydrogens is 246 g/mol. The van der Waals surface area contributed by atoms with Gasteiger partial charge in [0.25, 0.3) is 0 Å². The van der Waals surface area contributed by atoms with E-state index >= 15 is 0 Å². The summed E-state index contributed by atoms with van der Waals surface area (Å²) in [4.78, 5) is 4.51. The summed E-state index contributed by atoms with van der Waals surface area (Å²) in [5.74, 6) is 0.824. The molecule has 2 unspecified atom stereocenters. The van der Waals surface area contributed by atoms with Crippen LogP contribution >= 0.6 is 0 Å². The Labute approximate surface area is 123 Å². The normalized spacial score (nSPS) is 27.2. The Morgan fingerprint density at radius 1 is 1.25 bits per heavy atom. The van der Waals surface area contributed by atoms with Crippen LogP contribution < -0.4 is 0 Å². The fraction of sp³-hybridized carbons (Fsp3) is 0.722. The highest BCUT2D eigenvalue weighted by atomic mass is 16.3. The van der Waals surface area contributed by atoms with E-state index in [1.165, 1.54) is 31.2 Å². The van der Waals surface area contributed by atoms with Gasteiger partial charge >= 0.3 is 0 Å². The second-order valence-electron chi connectivity index (χ2n) is 6.50. The third-order valence-corrected chi connectivity index (χ3v) is 4.77. The summed E-state index contributed by atoms with van der Waals surface area (Å²) < 4.78 is 0. The van der Waals surface area contributed by atoms with Crippen LogP contribution in [0.15, 0.2) is 18.3 Å². The third kappa shape index (κ3) is 4.31. The summed E-state index contributed by atoms with van der Waals surface area (Å²) in [5.41, 5.74) is 1.78. The first-order valence-corrected chi connectivity index (χ1v) is 8.31. The van der Waals surface area contributed by atoms with Crippen LogP contribution in [0.3, 0.4) is 0 Å². The van der Waals surface area contributed by atoms with Gasteiger partial charge in [-0.2, -0.15) is 0 Å². The van der Waals surface area contributed by atoms with Crippen LogP contribution in [0, 0.1) is 5.92 Å². The second-order valence-corrected chi connectivity index (χ2v) is 6.50. The van der Waals surface area contributed by atoms with E-state index in [1.54, 1.807) is 0 Å². The molecule has 1 N–H and O–H groups in total. The third-order valence-electron chi connectivity index (χ3n) is 4.77. The smallest absolute Gasteiger partial charge is 0.0703 e. The van der Waals surface area contributed by atoms with Crippen LogP contribution in [0.2, 0.25) is 0 Å². The quantitative estimate of drug-likeness (QED) is 0.813. The van der Waals surface area contributed by atoms with Crippen molar-refractivity contribution in [2.24, 2.45) is 5.92 Å². The predicted octanol–water partition coefficient (Wildman–Crippen LogP) is 4.30. The topological polar surface area (TPSA) is 33.1 Å². The van der Waals surface area contributed by atoms with E-state index in [1.807, 2.05) is 6.20 Å². The van der Waals surface area contributed by atoms with Gasteiger partial charge in [0.05, 0.1) is 5.60 Å². The van der Waals surface area contributed by atoms with Crippen LogP contribution in [0.4, 0.5) is 0 Å². The molecule has 2 rings (SSSR count). The molecule has 2 atom stereocenters. The second kappa shape index (κ2) is 7.21. The Balaban J connectivity index is 1.95. The molecule has 1 aromatic heterocycles. The van der Waals surface area contributed by atoms with Gasteiger partial charge in [-0.05, 0) is 43.2 Å². The first-order chi connectivity index (χ1) is 9.65. The molecular formula is C18H29NO. The number of aromatic nitrogens is 1. The molecule has 1 saturated carbocycles. The largest absolute Gasteiger partial charge is 0.389 e. The van der Waals surface area contributed by atoms with Crippen LogP contribution in [0.1, 0.15) is 70.1 Å². The Morgan fingerprint density at radius 3 is 2.75 bits per heavy atom. The van der Waals surface area contributed by atoms with E-state index in [-0.39, 0.29) is 0 Å². The van der Waals surface area contributed by atoms with E-state index < -0.39 is 5.60 Å². The van der Waals surface area contributed by atoms with Crippen LogP contribution in [-0.2, 0) is 12.8 Å². The fourth-order valence-electron chi connectivity index (χ4n) is 3.44. The van der Waals surface area contributed by atoms with E-state index in [0.29, 0.717) is 0 Å². The summed E-state index contributed by atoms with van der Waals surface area (Å²) >= 11 is 0. The van der Waals surface area contributed by atoms with Gasteiger partial charge < -0.3 is 5.11 Å². The van der Waals surface area contributed by atoms with Crippen LogP contribution in [0.5, 0.6) is 0 Å². The predicted molar refractivity (Wildman–Crippen MR) is 83.8 cm³/mol. The van der Waals surface area contributed by atoms with Crippen molar-refractivity contribution in [1.29, 1.82) is 0 Å². The number of pyridine rings is 1. The molecule has 0 bridgehead atoms. The zero-order chi connectivity index (χ0) is 14.4. The Hall–Kier alpha value is -0.890. The molecule has 0 radical (unpaired) electrons. The van der Waals surface area contributed by atoms with E-state index in [9.17, 15) is 5.11 Å². The lowest BCUT2D eigenvalue weighted by atomic mass is 9.88. The highest BCUT2D eigenvalue weighted by Crippen LogP contribution is 2.34. The lowest BCUT2D eigenvalue weighted by Gasteiger charge is -2.26. The summed E-state index contributed by atoms with van der Waals surface area (Å²) in [6.45, 7) is 4.40. The number of aliphatic hydroxyl groups is 1. The van der Waals surface area contributed by atoms with Gasteiger partial charge in [-0.25, -0.2) is 0 Å². The summed E-state index contributed by atoms with van der Waals surface area (Å²) in [6.07, 6.45) is 11.8. The molecule has 1 fully saturated rings. The molecule has 0 aliphatic heterocycles. The van der Waals surface area contributed by atoms with Gasteiger partial charge in [-0.15, -0.1) is 0 Å². The van der Waals surface area contributed by atoms with Crippen molar-refractivity contribution < 1.29 is 5.11 Å². The van der Waals surface area contributed by atoms with Crippen molar-refractivity contribution in [3.8, 4) is 0 Å². The number of nitrogens with zero attached hydrogens (tertiary/aromatic N) is 1. The number of rotatable bonds is 5. The Morgan fingerprint density at radius 2 is 2.10 bits per heavy atom. The molecule has 1 heterocycles. The molecule has 0 amide bonds. The zero-order valence-corrected chi connectivity index (χ0v) is 13.1. The number of hydrogen-bond donors (Lipinski definition) is 1. The van der Waals surface area contributed by atoms with Gasteiger partial charge in [0.15, 0.2) is 0 Å². The molecule has 2 nitrogen and oxygen atoms in total. The van der Waals surface area contributed by atoms with Gasteiger partial charge in [0, 0.05) is 18.3 Å². The molecule has 112 valence electrons. The number of hydrogen-bond acceptors (Lipinski definition) is 2. The average molecular weight is 275 g/mol. The van der Waals surface area contributed by atoms with Crippen molar-refractivity contribution >= 4 is 0 Å². The molecule has 20 heavy (non-hydrogen) atoms. The first kappa shape index (κ1) is 15.5. The molecule has 0 saturated heterocycles. The maximum atomic E-state index is 10.9. The van der Waals surface area contributed by atoms with Crippen LogP contribution in [-0.4, -0.2) is 15.7 Å². The molecule has 1 aromatic rings. The fourth-order valence-corrected chi connectivity index (χ4v) is 3.44. The summed E-state index contributed by atoms with van der Waals surface area (Å²) in [5, 5.41) is 10.9. The van der Waals surface area contributed by atoms with Gasteiger partial charge in [-0.3, -0.25) is 4.98 Å². The molecule has 1 aliphatic rings. The molecule has 1 aliphatic carbocycles. The Bertz CT molecular complexity index is 400. The minimum absolute atomic E-state index is 0.525. The van der Waals surface area contributed by atoms with E-state index in [2.05, 4.69) is 31.0 Å².